The fraction of sp³-hybridized carbons (Fsp3) is 0.417. The molecule has 4 nitrogen and oxygen atoms in total. The van der Waals surface area contributed by atoms with Crippen LogP contribution in [0.1, 0.15) is 10.4 Å². The molecule has 0 amide bonds. The number of likely N-dealkylation sites (N-methyl/N-ethyl adjacent to an activating group) is 1. The molecule has 1 N–H and O–H groups in total. The van der Waals surface area contributed by atoms with E-state index in [1.165, 1.54) is 0 Å². The van der Waals surface area contributed by atoms with E-state index in [1.807, 2.05) is 30.1 Å². The molecule has 17 heavy (non-hydrogen) atoms. The van der Waals surface area contributed by atoms with E-state index in [4.69, 9.17) is 9.84 Å². The summed E-state index contributed by atoms with van der Waals surface area (Å²) in [5.41, 5.74) is 0.595. The van der Waals surface area contributed by atoms with Gasteiger partial charge in [-0.3, -0.25) is 0 Å². The highest BCUT2D eigenvalue weighted by molar-refractivity contribution is 14.1. The summed E-state index contributed by atoms with van der Waals surface area (Å²) in [4.78, 5) is 13.6. The number of ether oxygens (including phenoxy) is 1. The zero-order valence-electron chi connectivity index (χ0n) is 9.73. The van der Waals surface area contributed by atoms with Crippen molar-refractivity contribution in [2.45, 2.75) is 0 Å². The molecule has 0 atom stereocenters. The Labute approximate surface area is 115 Å². The number of halogens is 1. The van der Waals surface area contributed by atoms with Crippen LogP contribution in [0.15, 0.2) is 24.3 Å². The third-order valence-electron chi connectivity index (χ3n) is 2.28. The van der Waals surface area contributed by atoms with Crippen molar-refractivity contribution in [3.05, 3.63) is 33.4 Å². The van der Waals surface area contributed by atoms with E-state index < -0.39 is 0 Å². The third kappa shape index (κ3) is 5.01. The molecule has 0 fully saturated rings. The minimum atomic E-state index is -0.299. The number of benzene rings is 1. The lowest BCUT2D eigenvalue weighted by Crippen LogP contribution is -2.27. The molecule has 1 aromatic carbocycles. The predicted molar refractivity (Wildman–Crippen MR) is 74.0 cm³/mol. The minimum Gasteiger partial charge on any atom is -0.461 e. The van der Waals surface area contributed by atoms with Crippen LogP contribution < -0.4 is 0 Å². The molecule has 0 aliphatic rings. The number of rotatable bonds is 6. The van der Waals surface area contributed by atoms with Crippen LogP contribution >= 0.6 is 22.6 Å². The quantitative estimate of drug-likeness (QED) is 0.623. The van der Waals surface area contributed by atoms with Crippen molar-refractivity contribution >= 4 is 28.6 Å². The maximum atomic E-state index is 11.7. The van der Waals surface area contributed by atoms with Gasteiger partial charge in [0.15, 0.2) is 0 Å². The van der Waals surface area contributed by atoms with E-state index in [2.05, 4.69) is 22.6 Å². The molecular formula is C12H16INO3. The van der Waals surface area contributed by atoms with Crippen molar-refractivity contribution in [1.29, 1.82) is 0 Å². The van der Waals surface area contributed by atoms with E-state index in [9.17, 15) is 4.79 Å². The molecule has 5 heteroatoms. The molecule has 0 aliphatic carbocycles. The van der Waals surface area contributed by atoms with Gasteiger partial charge in [0, 0.05) is 16.7 Å². The fourth-order valence-electron chi connectivity index (χ4n) is 1.28. The molecule has 1 aromatic rings. The van der Waals surface area contributed by atoms with Crippen LogP contribution in [-0.2, 0) is 4.74 Å². The highest BCUT2D eigenvalue weighted by atomic mass is 127. The van der Waals surface area contributed by atoms with Gasteiger partial charge in [0.2, 0.25) is 0 Å². The summed E-state index contributed by atoms with van der Waals surface area (Å²) in [5.74, 6) is -0.299. The van der Waals surface area contributed by atoms with Gasteiger partial charge in [-0.1, -0.05) is 12.1 Å². The molecule has 0 radical (unpaired) electrons. The Morgan fingerprint density at radius 2 is 2.12 bits per heavy atom. The fourth-order valence-corrected chi connectivity index (χ4v) is 1.89. The van der Waals surface area contributed by atoms with Crippen LogP contribution in [0.5, 0.6) is 0 Å². The van der Waals surface area contributed by atoms with Gasteiger partial charge in [-0.15, -0.1) is 0 Å². The maximum absolute atomic E-state index is 11.7. The standard InChI is InChI=1S/C12H16INO3/c1-14(6-8-15)7-9-17-12(16)10-4-2-3-5-11(10)13/h2-5,15H,6-9H2,1H3. The van der Waals surface area contributed by atoms with Gasteiger partial charge in [0.25, 0.3) is 0 Å². The Balaban J connectivity index is 2.38. The summed E-state index contributed by atoms with van der Waals surface area (Å²) in [7, 11) is 1.87. The summed E-state index contributed by atoms with van der Waals surface area (Å²) >= 11 is 2.11. The highest BCUT2D eigenvalue weighted by Gasteiger charge is 2.10. The van der Waals surface area contributed by atoms with Crippen molar-refractivity contribution in [3.63, 3.8) is 0 Å². The van der Waals surface area contributed by atoms with Crippen molar-refractivity contribution in [1.82, 2.24) is 4.90 Å². The van der Waals surface area contributed by atoms with Gasteiger partial charge < -0.3 is 14.7 Å². The number of aliphatic hydroxyl groups excluding tert-OH is 1. The second-order valence-electron chi connectivity index (χ2n) is 3.64. The number of carbonyl (C=O) groups excluding carboxylic acids is 1. The first-order valence-electron chi connectivity index (χ1n) is 5.36. The van der Waals surface area contributed by atoms with Crippen LogP contribution in [0.3, 0.4) is 0 Å². The van der Waals surface area contributed by atoms with E-state index in [0.29, 0.717) is 25.3 Å². The zero-order chi connectivity index (χ0) is 12.7. The van der Waals surface area contributed by atoms with E-state index >= 15 is 0 Å². The van der Waals surface area contributed by atoms with Gasteiger partial charge in [0.1, 0.15) is 6.61 Å². The molecule has 0 saturated carbocycles. The summed E-state index contributed by atoms with van der Waals surface area (Å²) in [6.45, 7) is 1.65. The molecule has 0 saturated heterocycles. The van der Waals surface area contributed by atoms with Crippen molar-refractivity contribution in [2.75, 3.05) is 33.4 Å². The van der Waals surface area contributed by atoms with E-state index in [-0.39, 0.29) is 12.6 Å². The van der Waals surface area contributed by atoms with Gasteiger partial charge in [-0.2, -0.15) is 0 Å². The lowest BCUT2D eigenvalue weighted by atomic mass is 10.2. The van der Waals surface area contributed by atoms with Gasteiger partial charge in [0.05, 0.1) is 12.2 Å². The zero-order valence-corrected chi connectivity index (χ0v) is 11.9. The van der Waals surface area contributed by atoms with Crippen molar-refractivity contribution in [3.8, 4) is 0 Å². The number of hydrogen-bond acceptors (Lipinski definition) is 4. The Kier molecular flexibility index (Phi) is 6.46. The summed E-state index contributed by atoms with van der Waals surface area (Å²) in [6, 6.07) is 7.32. The molecule has 0 bridgehead atoms. The monoisotopic (exact) mass is 349 g/mol. The third-order valence-corrected chi connectivity index (χ3v) is 3.22. The van der Waals surface area contributed by atoms with Gasteiger partial charge in [-0.25, -0.2) is 4.79 Å². The first-order chi connectivity index (χ1) is 8.15. The molecule has 0 aromatic heterocycles. The van der Waals surface area contributed by atoms with Crippen LogP contribution in [0.2, 0.25) is 0 Å². The second kappa shape index (κ2) is 7.62. The SMILES string of the molecule is CN(CCO)CCOC(=O)c1ccccc1I. The Morgan fingerprint density at radius 1 is 1.41 bits per heavy atom. The Morgan fingerprint density at radius 3 is 2.76 bits per heavy atom. The topological polar surface area (TPSA) is 49.8 Å². The number of hydrogen-bond donors (Lipinski definition) is 1. The highest BCUT2D eigenvalue weighted by Crippen LogP contribution is 2.12. The van der Waals surface area contributed by atoms with Crippen LogP contribution in [0, 0.1) is 3.57 Å². The Hall–Kier alpha value is -0.660. The minimum absolute atomic E-state index is 0.112. The lowest BCUT2D eigenvalue weighted by molar-refractivity contribution is 0.0466. The molecular weight excluding hydrogens is 333 g/mol. The lowest BCUT2D eigenvalue weighted by Gasteiger charge is -2.14. The molecule has 0 spiro atoms. The second-order valence-corrected chi connectivity index (χ2v) is 4.80. The molecule has 94 valence electrons. The number of carbonyl (C=O) groups is 1. The summed E-state index contributed by atoms with van der Waals surface area (Å²) in [5, 5.41) is 8.71. The van der Waals surface area contributed by atoms with E-state index in [0.717, 1.165) is 3.57 Å². The molecule has 1 rings (SSSR count). The average Bonchev–Trinajstić information content (AvgIpc) is 2.29. The first-order valence-corrected chi connectivity index (χ1v) is 6.44. The predicted octanol–water partition coefficient (Wildman–Crippen LogP) is 1.37. The van der Waals surface area contributed by atoms with Crippen LogP contribution in [0.4, 0.5) is 0 Å². The van der Waals surface area contributed by atoms with Gasteiger partial charge >= 0.3 is 5.97 Å². The van der Waals surface area contributed by atoms with Gasteiger partial charge in [-0.05, 0) is 41.8 Å². The van der Waals surface area contributed by atoms with Crippen LogP contribution in [0.25, 0.3) is 0 Å². The molecule has 0 unspecified atom stereocenters. The first kappa shape index (κ1) is 14.4. The van der Waals surface area contributed by atoms with Crippen molar-refractivity contribution in [2.24, 2.45) is 0 Å². The normalized spacial score (nSPS) is 10.6. The summed E-state index contributed by atoms with van der Waals surface area (Å²) < 4.78 is 6.05. The number of aliphatic hydroxyl groups is 1. The number of nitrogens with zero attached hydrogens (tertiary/aromatic N) is 1. The van der Waals surface area contributed by atoms with Crippen molar-refractivity contribution < 1.29 is 14.6 Å². The molecule has 0 heterocycles. The smallest absolute Gasteiger partial charge is 0.339 e. The molecule has 0 aliphatic heterocycles. The summed E-state index contributed by atoms with van der Waals surface area (Å²) in [6.07, 6.45) is 0. The Bertz CT molecular complexity index is 371. The largest absolute Gasteiger partial charge is 0.461 e. The van der Waals surface area contributed by atoms with Crippen LogP contribution in [-0.4, -0.2) is 49.3 Å². The maximum Gasteiger partial charge on any atom is 0.339 e. The van der Waals surface area contributed by atoms with E-state index in [1.54, 1.807) is 6.07 Å². The average molecular weight is 349 g/mol. The number of esters is 1.